The number of thioether (sulfide) groups is 1. The molecule has 0 bridgehead atoms. The van der Waals surface area contributed by atoms with Crippen molar-refractivity contribution in [3.05, 3.63) is 69.2 Å². The normalized spacial score (nSPS) is 17.5. The zero-order valence-corrected chi connectivity index (χ0v) is 17.8. The van der Waals surface area contributed by atoms with Crippen LogP contribution >= 0.6 is 23.4 Å². The van der Waals surface area contributed by atoms with Crippen LogP contribution in [0.3, 0.4) is 0 Å². The van der Waals surface area contributed by atoms with Crippen LogP contribution in [0, 0.1) is 13.8 Å². The second-order valence-electron chi connectivity index (χ2n) is 7.00. The molecule has 1 fully saturated rings. The number of nitrogens with zero attached hydrogens (tertiary/aromatic N) is 2. The number of rotatable bonds is 4. The maximum atomic E-state index is 13.5. The van der Waals surface area contributed by atoms with E-state index in [0.717, 1.165) is 16.0 Å². The number of carbonyl (C=O) groups excluding carboxylic acids is 2. The molecule has 4 rings (SSSR count). The highest BCUT2D eigenvalue weighted by molar-refractivity contribution is 8.04. The highest BCUT2D eigenvalue weighted by atomic mass is 35.5. The quantitative estimate of drug-likeness (QED) is 0.684. The van der Waals surface area contributed by atoms with Crippen LogP contribution in [-0.2, 0) is 14.3 Å². The van der Waals surface area contributed by atoms with Crippen LogP contribution in [-0.4, -0.2) is 43.0 Å². The Bertz CT molecular complexity index is 998. The average molecular weight is 429 g/mol. The first kappa shape index (κ1) is 20.0. The number of halogens is 1. The predicted molar refractivity (Wildman–Crippen MR) is 115 cm³/mol. The monoisotopic (exact) mass is 428 g/mol. The first-order chi connectivity index (χ1) is 14.0. The zero-order valence-electron chi connectivity index (χ0n) is 16.3. The van der Waals surface area contributed by atoms with Crippen LogP contribution in [0.2, 0.25) is 5.02 Å². The van der Waals surface area contributed by atoms with Crippen LogP contribution in [0.4, 0.5) is 5.69 Å². The van der Waals surface area contributed by atoms with E-state index in [4.69, 9.17) is 16.3 Å². The van der Waals surface area contributed by atoms with Crippen molar-refractivity contribution < 1.29 is 14.3 Å². The van der Waals surface area contributed by atoms with Gasteiger partial charge < -0.3 is 9.64 Å². The smallest absolute Gasteiger partial charge is 0.283 e. The SMILES string of the molecule is Cc1cccc(N2C(=O)C(Sc3ccc(Cl)cc3)=C(N3CCOCC3)C2=O)c1C. The predicted octanol–water partition coefficient (Wildman–Crippen LogP) is 4.17. The van der Waals surface area contributed by atoms with Gasteiger partial charge >= 0.3 is 0 Å². The summed E-state index contributed by atoms with van der Waals surface area (Å²) in [4.78, 5) is 31.5. The number of amides is 2. The van der Waals surface area contributed by atoms with E-state index in [9.17, 15) is 9.59 Å². The third-order valence-corrected chi connectivity index (χ3v) is 6.53. The minimum absolute atomic E-state index is 0.276. The Labute approximate surface area is 179 Å². The van der Waals surface area contributed by atoms with Crippen LogP contribution < -0.4 is 4.90 Å². The first-order valence-corrected chi connectivity index (χ1v) is 10.6. The Balaban J connectivity index is 1.76. The number of anilines is 1. The van der Waals surface area contributed by atoms with E-state index in [-0.39, 0.29) is 11.8 Å². The summed E-state index contributed by atoms with van der Waals surface area (Å²) >= 11 is 7.30. The largest absolute Gasteiger partial charge is 0.378 e. The molecule has 2 aliphatic rings. The van der Waals surface area contributed by atoms with Crippen LogP contribution in [0.15, 0.2) is 58.0 Å². The van der Waals surface area contributed by atoms with Crippen LogP contribution in [0.5, 0.6) is 0 Å². The van der Waals surface area contributed by atoms with E-state index < -0.39 is 0 Å². The molecule has 1 saturated heterocycles. The zero-order chi connectivity index (χ0) is 20.5. The van der Waals surface area contributed by atoms with Crippen molar-refractivity contribution in [1.29, 1.82) is 0 Å². The molecule has 150 valence electrons. The average Bonchev–Trinajstić information content (AvgIpc) is 2.96. The van der Waals surface area contributed by atoms with Gasteiger partial charge in [-0.25, -0.2) is 4.90 Å². The van der Waals surface area contributed by atoms with Crippen molar-refractivity contribution in [2.75, 3.05) is 31.2 Å². The number of hydrogen-bond acceptors (Lipinski definition) is 5. The minimum atomic E-state index is -0.287. The Hall–Kier alpha value is -2.28. The highest BCUT2D eigenvalue weighted by Gasteiger charge is 2.43. The summed E-state index contributed by atoms with van der Waals surface area (Å²) in [5.41, 5.74) is 3.06. The molecule has 2 aromatic carbocycles. The molecule has 0 radical (unpaired) electrons. The van der Waals surface area contributed by atoms with Crippen molar-refractivity contribution in [1.82, 2.24) is 4.90 Å². The van der Waals surface area contributed by atoms with Gasteiger partial charge in [-0.15, -0.1) is 0 Å². The lowest BCUT2D eigenvalue weighted by Gasteiger charge is -2.29. The molecule has 2 heterocycles. The third kappa shape index (κ3) is 3.80. The number of imide groups is 1. The summed E-state index contributed by atoms with van der Waals surface area (Å²) in [7, 11) is 0. The molecule has 2 amide bonds. The van der Waals surface area contributed by atoms with Gasteiger partial charge in [0.25, 0.3) is 11.8 Å². The maximum absolute atomic E-state index is 13.5. The summed E-state index contributed by atoms with van der Waals surface area (Å²) in [6, 6.07) is 12.9. The molecule has 0 atom stereocenters. The molecule has 0 N–H and O–H groups in total. The number of carbonyl (C=O) groups is 2. The molecule has 7 heteroatoms. The van der Waals surface area contributed by atoms with Gasteiger partial charge in [0.15, 0.2) is 0 Å². The van der Waals surface area contributed by atoms with E-state index in [1.165, 1.54) is 16.7 Å². The number of ether oxygens (including phenoxy) is 1. The van der Waals surface area contributed by atoms with Gasteiger partial charge in [-0.2, -0.15) is 0 Å². The second kappa shape index (κ2) is 8.22. The number of benzene rings is 2. The van der Waals surface area contributed by atoms with Gasteiger partial charge in [-0.3, -0.25) is 9.59 Å². The number of hydrogen-bond donors (Lipinski definition) is 0. The highest BCUT2D eigenvalue weighted by Crippen LogP contribution is 2.40. The van der Waals surface area contributed by atoms with Crippen molar-refractivity contribution in [3.8, 4) is 0 Å². The first-order valence-electron chi connectivity index (χ1n) is 9.43. The lowest BCUT2D eigenvalue weighted by molar-refractivity contribution is -0.121. The fourth-order valence-electron chi connectivity index (χ4n) is 3.47. The van der Waals surface area contributed by atoms with E-state index in [0.29, 0.717) is 47.6 Å². The molecule has 0 aromatic heterocycles. The lowest BCUT2D eigenvalue weighted by atomic mass is 10.1. The van der Waals surface area contributed by atoms with Crippen molar-refractivity contribution >= 4 is 40.9 Å². The summed E-state index contributed by atoms with van der Waals surface area (Å²) < 4.78 is 5.44. The van der Waals surface area contributed by atoms with Gasteiger partial charge in [0.2, 0.25) is 0 Å². The topological polar surface area (TPSA) is 49.9 Å². The third-order valence-electron chi connectivity index (χ3n) is 5.20. The molecular formula is C22H21ClN2O3S. The fraction of sp³-hybridized carbons (Fsp3) is 0.273. The minimum Gasteiger partial charge on any atom is -0.378 e. The fourth-order valence-corrected chi connectivity index (χ4v) is 4.60. The number of morpholine rings is 1. The molecule has 5 nitrogen and oxygen atoms in total. The van der Waals surface area contributed by atoms with Gasteiger partial charge in [0, 0.05) is 23.0 Å². The summed E-state index contributed by atoms with van der Waals surface area (Å²) in [6.45, 7) is 6.15. The van der Waals surface area contributed by atoms with E-state index in [1.807, 2.05) is 49.1 Å². The van der Waals surface area contributed by atoms with E-state index >= 15 is 0 Å². The molecule has 0 saturated carbocycles. The Morgan fingerprint density at radius 1 is 0.966 bits per heavy atom. The van der Waals surface area contributed by atoms with Crippen molar-refractivity contribution in [2.45, 2.75) is 18.7 Å². The molecule has 0 spiro atoms. The summed E-state index contributed by atoms with van der Waals surface area (Å²) in [5, 5.41) is 0.627. The van der Waals surface area contributed by atoms with Gasteiger partial charge in [0.1, 0.15) is 10.6 Å². The molecule has 2 aromatic rings. The van der Waals surface area contributed by atoms with Gasteiger partial charge in [-0.05, 0) is 55.3 Å². The van der Waals surface area contributed by atoms with Crippen molar-refractivity contribution in [2.24, 2.45) is 0 Å². The molecule has 2 aliphatic heterocycles. The molecule has 0 unspecified atom stereocenters. The van der Waals surface area contributed by atoms with Crippen LogP contribution in [0.1, 0.15) is 11.1 Å². The van der Waals surface area contributed by atoms with E-state index in [2.05, 4.69) is 0 Å². The second-order valence-corrected chi connectivity index (χ2v) is 8.52. The maximum Gasteiger partial charge on any atom is 0.283 e. The molecule has 29 heavy (non-hydrogen) atoms. The standard InChI is InChI=1S/C22H21ClN2O3S/c1-14-4-3-5-18(15(14)2)25-21(26)19(24-10-12-28-13-11-24)20(22(25)27)29-17-8-6-16(23)7-9-17/h3-9H,10-13H2,1-2H3. The van der Waals surface area contributed by atoms with Gasteiger partial charge in [0.05, 0.1) is 18.9 Å². The molecule has 0 aliphatic carbocycles. The van der Waals surface area contributed by atoms with E-state index in [1.54, 1.807) is 12.1 Å². The Morgan fingerprint density at radius 2 is 1.66 bits per heavy atom. The summed E-state index contributed by atoms with van der Waals surface area (Å²) in [5.74, 6) is -0.563. The molecular weight excluding hydrogens is 408 g/mol. The van der Waals surface area contributed by atoms with Crippen molar-refractivity contribution in [3.63, 3.8) is 0 Å². The Morgan fingerprint density at radius 3 is 2.34 bits per heavy atom. The summed E-state index contributed by atoms with van der Waals surface area (Å²) in [6.07, 6.45) is 0. The lowest BCUT2D eigenvalue weighted by Crippen LogP contribution is -2.40. The van der Waals surface area contributed by atoms with Crippen LogP contribution in [0.25, 0.3) is 0 Å². The van der Waals surface area contributed by atoms with Gasteiger partial charge in [-0.1, -0.05) is 35.5 Å². The number of aryl methyl sites for hydroxylation is 1. The Kier molecular flexibility index (Phi) is 5.67.